The molecule has 0 aliphatic carbocycles. The van der Waals surface area contributed by atoms with Crippen LogP contribution in [-0.2, 0) is 6.54 Å². The van der Waals surface area contributed by atoms with Crippen molar-refractivity contribution < 1.29 is 22.7 Å². The first kappa shape index (κ1) is 27.1. The fourth-order valence-electron chi connectivity index (χ4n) is 5.34. The molecular weight excluding hydrogens is 503 g/mol. The molecule has 1 radical (unpaired) electrons. The van der Waals surface area contributed by atoms with E-state index in [0.717, 1.165) is 63.1 Å². The number of carbonyl (C=O) groups is 1. The lowest BCUT2D eigenvalue weighted by Gasteiger charge is -2.33. The predicted octanol–water partition coefficient (Wildman–Crippen LogP) is 7.42. The van der Waals surface area contributed by atoms with Gasteiger partial charge in [0.1, 0.15) is 5.75 Å². The summed E-state index contributed by atoms with van der Waals surface area (Å²) < 4.78 is 45.9. The minimum absolute atomic E-state index is 0.0399. The summed E-state index contributed by atoms with van der Waals surface area (Å²) in [5.41, 5.74) is 4.47. The normalized spacial score (nSPS) is 16.8. The van der Waals surface area contributed by atoms with Crippen LogP contribution < -0.4 is 10.1 Å². The number of amides is 2. The summed E-state index contributed by atoms with van der Waals surface area (Å²) in [5, 5.41) is 3.08. The van der Waals surface area contributed by atoms with Crippen molar-refractivity contribution in [3.8, 4) is 11.5 Å². The molecular formula is C31H33F3N3O2. The maximum absolute atomic E-state index is 13.9. The van der Waals surface area contributed by atoms with Crippen LogP contribution in [0.15, 0.2) is 54.6 Å². The largest absolute Gasteiger partial charge is 0.454 e. The van der Waals surface area contributed by atoms with Crippen LogP contribution in [-0.4, -0.2) is 42.0 Å². The van der Waals surface area contributed by atoms with Crippen molar-refractivity contribution in [1.82, 2.24) is 9.80 Å². The number of rotatable bonds is 6. The van der Waals surface area contributed by atoms with Gasteiger partial charge in [0.05, 0.1) is 0 Å². The van der Waals surface area contributed by atoms with E-state index < -0.39 is 17.5 Å². The van der Waals surface area contributed by atoms with Gasteiger partial charge in [0.2, 0.25) is 0 Å². The topological polar surface area (TPSA) is 44.8 Å². The molecule has 2 saturated heterocycles. The molecule has 205 valence electrons. The number of piperidine rings is 2. The van der Waals surface area contributed by atoms with Crippen molar-refractivity contribution in [2.75, 3.05) is 31.5 Å². The van der Waals surface area contributed by atoms with Crippen LogP contribution in [0.1, 0.15) is 48.3 Å². The van der Waals surface area contributed by atoms with Gasteiger partial charge in [-0.15, -0.1) is 0 Å². The zero-order chi connectivity index (χ0) is 27.4. The number of nitrogens with one attached hydrogen (secondary N) is 1. The minimum atomic E-state index is -1.25. The number of aryl methyl sites for hydroxylation is 1. The number of likely N-dealkylation sites (tertiary alicyclic amines) is 2. The summed E-state index contributed by atoms with van der Waals surface area (Å²) in [6.45, 7) is 6.29. The molecule has 5 nitrogen and oxygen atoms in total. The Kier molecular flexibility index (Phi) is 8.41. The highest BCUT2D eigenvalue weighted by Gasteiger charge is 2.23. The molecule has 3 aromatic carbocycles. The highest BCUT2D eigenvalue weighted by atomic mass is 19.2. The number of halogens is 3. The molecule has 0 spiro atoms. The second-order valence-corrected chi connectivity index (χ2v) is 10.4. The Hall–Kier alpha value is -3.52. The average molecular weight is 537 g/mol. The minimum Gasteiger partial charge on any atom is -0.454 e. The first-order valence-corrected chi connectivity index (χ1v) is 13.5. The maximum Gasteiger partial charge on any atom is 0.321 e. The van der Waals surface area contributed by atoms with E-state index in [1.165, 1.54) is 11.1 Å². The summed E-state index contributed by atoms with van der Waals surface area (Å²) in [6.07, 6.45) is 6.28. The molecule has 1 N–H and O–H groups in total. The highest BCUT2D eigenvalue weighted by Crippen LogP contribution is 2.33. The summed E-state index contributed by atoms with van der Waals surface area (Å²) >= 11 is 0. The Bertz CT molecular complexity index is 1300. The molecule has 0 aromatic heterocycles. The standard InChI is InChI=1S/C31H33F3N3O2/c1-21-5-8-24(35-31(38)37-13-3-2-4-14-37)17-26(21)23-11-15-36(16-12-23)20-22-6-9-25(10-7-22)39-30-19-28(33)27(32)18-29(30)34/h3,5-10,17-19,23H,2,4,11-16,20H2,1H3,(H,35,38). The molecule has 2 heterocycles. The monoisotopic (exact) mass is 536 g/mol. The Morgan fingerprint density at radius 3 is 2.41 bits per heavy atom. The van der Waals surface area contributed by atoms with Crippen LogP contribution in [0.4, 0.5) is 23.7 Å². The number of benzene rings is 3. The van der Waals surface area contributed by atoms with Crippen molar-refractivity contribution in [2.24, 2.45) is 0 Å². The Balaban J connectivity index is 1.14. The van der Waals surface area contributed by atoms with Gasteiger partial charge in [0.25, 0.3) is 0 Å². The second kappa shape index (κ2) is 12.1. The Morgan fingerprint density at radius 2 is 1.69 bits per heavy atom. The SMILES string of the molecule is Cc1ccc(NC(=O)N2C[CH]CCC2)cc1C1CCN(Cc2ccc(Oc3cc(F)c(F)cc3F)cc2)CC1. The van der Waals surface area contributed by atoms with Crippen LogP contribution in [0, 0.1) is 30.8 Å². The lowest BCUT2D eigenvalue weighted by atomic mass is 9.86. The van der Waals surface area contributed by atoms with Gasteiger partial charge in [0, 0.05) is 37.5 Å². The zero-order valence-electron chi connectivity index (χ0n) is 22.1. The Labute approximate surface area is 227 Å². The third kappa shape index (κ3) is 6.74. The van der Waals surface area contributed by atoms with E-state index in [-0.39, 0.29) is 11.8 Å². The molecule has 2 fully saturated rings. The van der Waals surface area contributed by atoms with Crippen LogP contribution >= 0.6 is 0 Å². The smallest absolute Gasteiger partial charge is 0.321 e. The van der Waals surface area contributed by atoms with E-state index >= 15 is 0 Å². The summed E-state index contributed by atoms with van der Waals surface area (Å²) in [6, 6.07) is 14.6. The first-order valence-electron chi connectivity index (χ1n) is 13.5. The molecule has 2 amide bonds. The number of carbonyl (C=O) groups excluding carboxylic acids is 1. The van der Waals surface area contributed by atoms with Gasteiger partial charge in [-0.05, 0) is 99.0 Å². The number of anilines is 1. The van der Waals surface area contributed by atoms with E-state index in [1.54, 1.807) is 12.1 Å². The molecule has 2 aliphatic rings. The number of nitrogens with zero attached hydrogens (tertiary/aromatic N) is 2. The molecule has 3 aromatic rings. The van der Waals surface area contributed by atoms with Gasteiger partial charge in [-0.1, -0.05) is 18.2 Å². The summed E-state index contributed by atoms with van der Waals surface area (Å²) in [4.78, 5) is 16.9. The summed E-state index contributed by atoms with van der Waals surface area (Å²) in [5.74, 6) is -2.93. The first-order chi connectivity index (χ1) is 18.9. The van der Waals surface area contributed by atoms with Crippen molar-refractivity contribution in [3.63, 3.8) is 0 Å². The highest BCUT2D eigenvalue weighted by molar-refractivity contribution is 5.89. The molecule has 0 atom stereocenters. The van der Waals surface area contributed by atoms with E-state index in [2.05, 4.69) is 35.7 Å². The zero-order valence-corrected chi connectivity index (χ0v) is 22.1. The molecule has 0 saturated carbocycles. The van der Waals surface area contributed by atoms with E-state index in [0.29, 0.717) is 30.3 Å². The molecule has 39 heavy (non-hydrogen) atoms. The predicted molar refractivity (Wildman–Crippen MR) is 145 cm³/mol. The lowest BCUT2D eigenvalue weighted by molar-refractivity contribution is 0.204. The molecule has 2 aliphatic heterocycles. The van der Waals surface area contributed by atoms with E-state index in [4.69, 9.17) is 4.74 Å². The van der Waals surface area contributed by atoms with Crippen molar-refractivity contribution in [2.45, 2.75) is 45.1 Å². The van der Waals surface area contributed by atoms with Crippen molar-refractivity contribution in [3.05, 3.63) is 95.2 Å². The maximum atomic E-state index is 13.9. The van der Waals surface area contributed by atoms with Gasteiger partial charge in [-0.3, -0.25) is 4.90 Å². The third-order valence-corrected chi connectivity index (χ3v) is 7.56. The van der Waals surface area contributed by atoms with Crippen molar-refractivity contribution in [1.29, 1.82) is 0 Å². The lowest BCUT2D eigenvalue weighted by Crippen LogP contribution is -2.39. The number of ether oxygens (including phenoxy) is 1. The fourth-order valence-corrected chi connectivity index (χ4v) is 5.34. The van der Waals surface area contributed by atoms with Gasteiger partial charge >= 0.3 is 6.03 Å². The molecule has 0 unspecified atom stereocenters. The molecule has 8 heteroatoms. The fraction of sp³-hybridized carbons (Fsp3) is 0.355. The van der Waals surface area contributed by atoms with Gasteiger partial charge in [-0.25, -0.2) is 18.0 Å². The molecule has 5 rings (SSSR count). The quantitative estimate of drug-likeness (QED) is 0.334. The van der Waals surface area contributed by atoms with Gasteiger partial charge < -0.3 is 15.0 Å². The van der Waals surface area contributed by atoms with E-state index in [9.17, 15) is 18.0 Å². The number of urea groups is 1. The molecule has 0 bridgehead atoms. The van der Waals surface area contributed by atoms with Gasteiger partial charge in [0.15, 0.2) is 23.2 Å². The van der Waals surface area contributed by atoms with Crippen LogP contribution in [0.3, 0.4) is 0 Å². The van der Waals surface area contributed by atoms with Crippen molar-refractivity contribution >= 4 is 11.7 Å². The van der Waals surface area contributed by atoms with Gasteiger partial charge in [-0.2, -0.15) is 0 Å². The van der Waals surface area contributed by atoms with E-state index in [1.807, 2.05) is 23.1 Å². The third-order valence-electron chi connectivity index (χ3n) is 7.56. The average Bonchev–Trinajstić information content (AvgIpc) is 2.95. The van der Waals surface area contributed by atoms with Crippen LogP contribution in [0.25, 0.3) is 0 Å². The Morgan fingerprint density at radius 1 is 0.949 bits per heavy atom. The summed E-state index contributed by atoms with van der Waals surface area (Å²) in [7, 11) is 0. The number of hydrogen-bond acceptors (Lipinski definition) is 3. The number of hydrogen-bond donors (Lipinski definition) is 1. The second-order valence-electron chi connectivity index (χ2n) is 10.4. The van der Waals surface area contributed by atoms with Crippen LogP contribution in [0.2, 0.25) is 0 Å². The van der Waals surface area contributed by atoms with Crippen LogP contribution in [0.5, 0.6) is 11.5 Å².